The molecule has 1 aliphatic carbocycles. The first-order valence-electron chi connectivity index (χ1n) is 10.6. The smallest absolute Gasteiger partial charge is 0.267 e. The number of amides is 1. The van der Waals surface area contributed by atoms with Crippen LogP contribution in [0, 0.1) is 19.7 Å². The molecule has 9 heteroatoms. The minimum Gasteiger partial charge on any atom is -0.267 e. The average Bonchev–Trinajstić information content (AvgIpc) is 3.16. The molecular formula is C23H22FN5O2S. The highest BCUT2D eigenvalue weighted by atomic mass is 32.1. The summed E-state index contributed by atoms with van der Waals surface area (Å²) in [4.78, 5) is 32.3. The van der Waals surface area contributed by atoms with Crippen LogP contribution < -0.4 is 11.0 Å². The molecule has 0 atom stereocenters. The second kappa shape index (κ2) is 7.98. The van der Waals surface area contributed by atoms with E-state index >= 15 is 0 Å². The fourth-order valence-corrected chi connectivity index (χ4v) is 5.22. The van der Waals surface area contributed by atoms with Gasteiger partial charge in [-0.05, 0) is 69.4 Å². The molecule has 0 fully saturated rings. The highest BCUT2D eigenvalue weighted by Crippen LogP contribution is 2.27. The second-order valence-electron chi connectivity index (χ2n) is 8.05. The van der Waals surface area contributed by atoms with Crippen LogP contribution in [0.15, 0.2) is 35.4 Å². The van der Waals surface area contributed by atoms with Crippen molar-refractivity contribution in [3.63, 3.8) is 0 Å². The van der Waals surface area contributed by atoms with Crippen LogP contribution in [0.25, 0.3) is 15.9 Å². The number of nitrogens with one attached hydrogen (secondary N) is 1. The summed E-state index contributed by atoms with van der Waals surface area (Å²) >= 11 is 1.46. The Morgan fingerprint density at radius 2 is 1.88 bits per heavy atom. The number of aryl methyl sites for hydroxylation is 2. The van der Waals surface area contributed by atoms with Gasteiger partial charge in [0, 0.05) is 16.1 Å². The van der Waals surface area contributed by atoms with Crippen LogP contribution in [-0.2, 0) is 12.8 Å². The van der Waals surface area contributed by atoms with Crippen LogP contribution in [0.5, 0.6) is 0 Å². The number of rotatable bonds is 3. The van der Waals surface area contributed by atoms with Crippen molar-refractivity contribution in [3.8, 4) is 5.69 Å². The minimum atomic E-state index is -0.461. The Morgan fingerprint density at radius 3 is 2.66 bits per heavy atom. The molecule has 0 saturated carbocycles. The van der Waals surface area contributed by atoms with Gasteiger partial charge in [0.2, 0.25) is 0 Å². The highest BCUT2D eigenvalue weighted by Gasteiger charge is 2.25. The molecule has 4 aromatic rings. The average molecular weight is 452 g/mol. The predicted octanol–water partition coefficient (Wildman–Crippen LogP) is 4.05. The number of carbonyl (C=O) groups is 1. The van der Waals surface area contributed by atoms with E-state index in [-0.39, 0.29) is 17.1 Å². The summed E-state index contributed by atoms with van der Waals surface area (Å²) in [5.74, 6) is -0.789. The molecule has 0 bridgehead atoms. The lowest BCUT2D eigenvalue weighted by Gasteiger charge is -2.07. The molecular weight excluding hydrogens is 429 g/mol. The molecule has 0 saturated heterocycles. The van der Waals surface area contributed by atoms with Gasteiger partial charge in [0.1, 0.15) is 17.0 Å². The first-order valence-corrected chi connectivity index (χ1v) is 11.4. The van der Waals surface area contributed by atoms with Crippen LogP contribution >= 0.6 is 11.3 Å². The number of benzene rings is 1. The van der Waals surface area contributed by atoms with Gasteiger partial charge in [0.25, 0.3) is 11.5 Å². The fourth-order valence-electron chi connectivity index (χ4n) is 4.23. The Hall–Kier alpha value is -3.33. The van der Waals surface area contributed by atoms with Crippen molar-refractivity contribution in [1.82, 2.24) is 19.4 Å². The fraction of sp³-hybridized carbons (Fsp3) is 0.304. The summed E-state index contributed by atoms with van der Waals surface area (Å²) in [6.07, 6.45) is 5.88. The van der Waals surface area contributed by atoms with E-state index in [1.54, 1.807) is 16.8 Å². The molecule has 32 heavy (non-hydrogen) atoms. The Balaban J connectivity index is 1.56. The third kappa shape index (κ3) is 3.42. The Morgan fingerprint density at radius 1 is 1.12 bits per heavy atom. The summed E-state index contributed by atoms with van der Waals surface area (Å²) in [7, 11) is 0. The molecule has 1 N–H and O–H groups in total. The van der Waals surface area contributed by atoms with E-state index in [9.17, 15) is 14.0 Å². The zero-order chi connectivity index (χ0) is 22.4. The number of halogens is 1. The molecule has 1 aromatic carbocycles. The maximum absolute atomic E-state index is 13.4. The number of hydrogen-bond acceptors (Lipinski definition) is 5. The molecule has 3 aromatic heterocycles. The first kappa shape index (κ1) is 20.6. The first-order chi connectivity index (χ1) is 15.4. The molecule has 1 amide bonds. The molecule has 1 aliphatic rings. The van der Waals surface area contributed by atoms with Crippen molar-refractivity contribution in [2.24, 2.45) is 0 Å². The van der Waals surface area contributed by atoms with Crippen molar-refractivity contribution in [3.05, 3.63) is 74.2 Å². The number of nitrogens with zero attached hydrogens (tertiary/aromatic N) is 4. The van der Waals surface area contributed by atoms with Gasteiger partial charge in [-0.15, -0.1) is 11.3 Å². The van der Waals surface area contributed by atoms with E-state index in [4.69, 9.17) is 0 Å². The van der Waals surface area contributed by atoms with E-state index < -0.39 is 5.91 Å². The lowest BCUT2D eigenvalue weighted by Crippen LogP contribution is -2.33. The molecule has 164 valence electrons. The van der Waals surface area contributed by atoms with E-state index in [1.165, 1.54) is 29.8 Å². The van der Waals surface area contributed by atoms with Crippen LogP contribution in [0.3, 0.4) is 0 Å². The molecule has 0 unspecified atom stereocenters. The Bertz CT molecular complexity index is 1400. The molecule has 0 radical (unpaired) electrons. The van der Waals surface area contributed by atoms with Crippen molar-refractivity contribution in [2.45, 2.75) is 46.0 Å². The summed E-state index contributed by atoms with van der Waals surface area (Å²) in [6.45, 7) is 3.83. The van der Waals surface area contributed by atoms with E-state index in [0.29, 0.717) is 15.9 Å². The molecule has 5 rings (SSSR count). The van der Waals surface area contributed by atoms with Gasteiger partial charge in [-0.3, -0.25) is 15.0 Å². The summed E-state index contributed by atoms with van der Waals surface area (Å²) in [5, 5.41) is 5.11. The largest absolute Gasteiger partial charge is 0.291 e. The quantitative estimate of drug-likeness (QED) is 0.477. The zero-order valence-electron chi connectivity index (χ0n) is 17.8. The maximum atomic E-state index is 13.4. The van der Waals surface area contributed by atoms with E-state index in [1.807, 2.05) is 13.8 Å². The molecule has 7 nitrogen and oxygen atoms in total. The van der Waals surface area contributed by atoms with Crippen molar-refractivity contribution in [2.75, 3.05) is 5.43 Å². The summed E-state index contributed by atoms with van der Waals surface area (Å²) in [5.41, 5.74) is 6.07. The second-order valence-corrected chi connectivity index (χ2v) is 9.25. The Kier molecular flexibility index (Phi) is 5.13. The lowest BCUT2D eigenvalue weighted by molar-refractivity contribution is 0.100. The summed E-state index contributed by atoms with van der Waals surface area (Å²) < 4.78 is 16.3. The van der Waals surface area contributed by atoms with Crippen molar-refractivity contribution < 1.29 is 9.18 Å². The van der Waals surface area contributed by atoms with Crippen LogP contribution in [0.1, 0.15) is 51.4 Å². The lowest BCUT2D eigenvalue weighted by atomic mass is 10.1. The van der Waals surface area contributed by atoms with Crippen LogP contribution in [0.2, 0.25) is 0 Å². The third-order valence-corrected chi connectivity index (χ3v) is 7.14. The van der Waals surface area contributed by atoms with Gasteiger partial charge >= 0.3 is 0 Å². The highest BCUT2D eigenvalue weighted by molar-refractivity contribution is 7.18. The zero-order valence-corrected chi connectivity index (χ0v) is 18.6. The number of thiophene rings is 1. The third-order valence-electron chi connectivity index (χ3n) is 6.03. The predicted molar refractivity (Wildman–Crippen MR) is 122 cm³/mol. The number of hydrogen-bond donors (Lipinski definition) is 1. The van der Waals surface area contributed by atoms with Crippen LogP contribution in [0.4, 0.5) is 4.39 Å². The van der Waals surface area contributed by atoms with Crippen molar-refractivity contribution >= 4 is 27.5 Å². The van der Waals surface area contributed by atoms with Crippen LogP contribution in [-0.4, -0.2) is 25.3 Å². The van der Waals surface area contributed by atoms with E-state index in [2.05, 4.69) is 15.5 Å². The van der Waals surface area contributed by atoms with Gasteiger partial charge < -0.3 is 0 Å². The molecule has 3 heterocycles. The SMILES string of the molecule is Cc1sc2ncn(NC(=O)c3nn(-c4ccc(F)cc4)c4c3CCCCC4)c(=O)c2c1C. The molecule has 0 aliphatic heterocycles. The van der Waals surface area contributed by atoms with Gasteiger partial charge in [0.05, 0.1) is 11.1 Å². The van der Waals surface area contributed by atoms with E-state index in [0.717, 1.165) is 58.5 Å². The number of aromatic nitrogens is 4. The molecule has 0 spiro atoms. The van der Waals surface area contributed by atoms with Crippen molar-refractivity contribution in [1.29, 1.82) is 0 Å². The Labute approximate surface area is 187 Å². The standard InChI is InChI=1S/C23H22FN5O2S/c1-13-14(2)32-22-19(13)23(31)28(12-25-22)27-21(30)20-17-6-4-3-5-7-18(17)29(26-20)16-10-8-15(24)9-11-16/h8-12H,3-7H2,1-2H3,(H,27,30). The van der Waals surface area contributed by atoms with Gasteiger partial charge in [-0.2, -0.15) is 5.10 Å². The summed E-state index contributed by atoms with van der Waals surface area (Å²) in [6, 6.07) is 6.06. The maximum Gasteiger partial charge on any atom is 0.291 e. The number of fused-ring (bicyclic) bond motifs is 2. The monoisotopic (exact) mass is 451 g/mol. The van der Waals surface area contributed by atoms with Gasteiger partial charge in [0.15, 0.2) is 5.69 Å². The normalized spacial score (nSPS) is 13.7. The van der Waals surface area contributed by atoms with Gasteiger partial charge in [-0.25, -0.2) is 18.7 Å². The number of carbonyl (C=O) groups excluding carboxylic acids is 1. The van der Waals surface area contributed by atoms with Gasteiger partial charge in [-0.1, -0.05) is 6.42 Å². The topological polar surface area (TPSA) is 81.8 Å². The minimum absolute atomic E-state index is 0.288.